The van der Waals surface area contributed by atoms with Crippen molar-refractivity contribution in [3.8, 4) is 11.5 Å². The van der Waals surface area contributed by atoms with E-state index in [0.29, 0.717) is 31.1 Å². The maximum atomic E-state index is 12.5. The van der Waals surface area contributed by atoms with Crippen molar-refractivity contribution in [2.24, 2.45) is 0 Å². The molecule has 0 aliphatic carbocycles. The van der Waals surface area contributed by atoms with E-state index in [1.54, 1.807) is 0 Å². The molecule has 0 aliphatic rings. The fourth-order valence-corrected chi connectivity index (χ4v) is 3.95. The van der Waals surface area contributed by atoms with Crippen molar-refractivity contribution < 1.29 is 14.3 Å². The number of nitrogens with one attached hydrogen (secondary N) is 1. The Kier molecular flexibility index (Phi) is 5.95. The number of ether oxygens (including phenoxy) is 2. The Bertz CT molecular complexity index is 948. The number of carbonyl (C=O) groups excluding carboxylic acids is 1. The zero-order chi connectivity index (χ0) is 19.4. The number of benzene rings is 1. The number of hydrogen-bond donors (Lipinski definition) is 1. The van der Waals surface area contributed by atoms with E-state index in [9.17, 15) is 4.79 Å². The average Bonchev–Trinajstić information content (AvgIpc) is 3.18. The second-order valence-corrected chi connectivity index (χ2v) is 7.01. The highest BCUT2D eigenvalue weighted by atomic mass is 32.1. The molecule has 1 aromatic carbocycles. The number of carbonyl (C=O) groups is 1. The third-order valence-electron chi connectivity index (χ3n) is 4.17. The van der Waals surface area contributed by atoms with Gasteiger partial charge < -0.3 is 14.8 Å². The summed E-state index contributed by atoms with van der Waals surface area (Å²) in [4.78, 5) is 13.9. The fourth-order valence-electron chi connectivity index (χ4n) is 2.92. The number of nitrogens with zero attached hydrogens (tertiary/aromatic N) is 3. The Balaban J connectivity index is 1.64. The Morgan fingerprint density at radius 3 is 2.59 bits per heavy atom. The highest BCUT2D eigenvalue weighted by Crippen LogP contribution is 2.28. The molecule has 2 aromatic heterocycles. The van der Waals surface area contributed by atoms with Gasteiger partial charge in [0.2, 0.25) is 4.96 Å². The van der Waals surface area contributed by atoms with E-state index in [4.69, 9.17) is 9.47 Å². The molecule has 7 nitrogen and oxygen atoms in total. The molecule has 0 fully saturated rings. The number of aromatic nitrogens is 3. The van der Waals surface area contributed by atoms with Crippen molar-refractivity contribution in [2.75, 3.05) is 19.8 Å². The van der Waals surface area contributed by atoms with E-state index in [0.717, 1.165) is 33.5 Å². The molecule has 3 aromatic rings. The fraction of sp³-hybridized carbons (Fsp3) is 0.421. The molecule has 0 saturated heterocycles. The summed E-state index contributed by atoms with van der Waals surface area (Å²) in [7, 11) is 0. The van der Waals surface area contributed by atoms with Crippen LogP contribution in [0.4, 0.5) is 0 Å². The van der Waals surface area contributed by atoms with Gasteiger partial charge in [-0.25, -0.2) is 0 Å². The molecule has 3 rings (SSSR count). The van der Waals surface area contributed by atoms with Crippen LogP contribution in [0.5, 0.6) is 11.5 Å². The van der Waals surface area contributed by atoms with E-state index in [1.165, 1.54) is 11.3 Å². The molecule has 0 radical (unpaired) electrons. The van der Waals surface area contributed by atoms with Gasteiger partial charge in [-0.2, -0.15) is 0 Å². The van der Waals surface area contributed by atoms with Crippen LogP contribution in [0.1, 0.15) is 40.6 Å². The minimum atomic E-state index is -0.0848. The van der Waals surface area contributed by atoms with Crippen LogP contribution in [0, 0.1) is 13.8 Å². The van der Waals surface area contributed by atoms with Crippen LogP contribution < -0.4 is 14.8 Å². The molecule has 0 bridgehead atoms. The van der Waals surface area contributed by atoms with Crippen molar-refractivity contribution in [1.82, 2.24) is 19.9 Å². The number of fused-ring (bicyclic) bond motifs is 1. The van der Waals surface area contributed by atoms with E-state index in [1.807, 2.05) is 50.3 Å². The zero-order valence-electron chi connectivity index (χ0n) is 16.0. The number of thiazole rings is 1. The Morgan fingerprint density at radius 2 is 1.89 bits per heavy atom. The Labute approximate surface area is 162 Å². The SMILES string of the molecule is CCOc1ccc(CCNC(=O)c2sc3nnc(C)n3c2C)cc1OCC. The van der Waals surface area contributed by atoms with E-state index in [-0.39, 0.29) is 5.91 Å². The largest absolute Gasteiger partial charge is 0.490 e. The van der Waals surface area contributed by atoms with Crippen LogP contribution in [-0.2, 0) is 6.42 Å². The summed E-state index contributed by atoms with van der Waals surface area (Å²) in [6, 6.07) is 5.89. The lowest BCUT2D eigenvalue weighted by molar-refractivity contribution is 0.0957. The second kappa shape index (κ2) is 8.39. The maximum Gasteiger partial charge on any atom is 0.263 e. The quantitative estimate of drug-likeness (QED) is 0.641. The minimum Gasteiger partial charge on any atom is -0.490 e. The molecular formula is C19H24N4O3S. The highest BCUT2D eigenvalue weighted by molar-refractivity contribution is 7.19. The molecule has 8 heteroatoms. The van der Waals surface area contributed by atoms with Crippen LogP contribution in [0.2, 0.25) is 0 Å². The van der Waals surface area contributed by atoms with Crippen LogP contribution >= 0.6 is 11.3 Å². The van der Waals surface area contributed by atoms with Gasteiger partial charge in [-0.3, -0.25) is 9.20 Å². The third kappa shape index (κ3) is 4.05. The molecule has 0 atom stereocenters. The summed E-state index contributed by atoms with van der Waals surface area (Å²) < 4.78 is 13.1. The summed E-state index contributed by atoms with van der Waals surface area (Å²) in [6.45, 7) is 9.39. The zero-order valence-corrected chi connectivity index (χ0v) is 16.9. The molecular weight excluding hydrogens is 364 g/mol. The average molecular weight is 388 g/mol. The first-order valence-corrected chi connectivity index (χ1v) is 9.84. The van der Waals surface area contributed by atoms with Gasteiger partial charge in [-0.1, -0.05) is 17.4 Å². The van der Waals surface area contributed by atoms with Crippen molar-refractivity contribution in [2.45, 2.75) is 34.1 Å². The third-order valence-corrected chi connectivity index (χ3v) is 5.30. The standard InChI is InChI=1S/C19H24N4O3S/c1-5-25-15-8-7-14(11-16(15)26-6-2)9-10-20-18(24)17-12(3)23-13(4)21-22-19(23)27-17/h7-8,11H,5-6,9-10H2,1-4H3,(H,20,24). The molecule has 0 aliphatic heterocycles. The van der Waals surface area contributed by atoms with E-state index in [2.05, 4.69) is 15.5 Å². The number of amides is 1. The van der Waals surface area contributed by atoms with Crippen LogP contribution in [0.3, 0.4) is 0 Å². The first-order chi connectivity index (χ1) is 13.0. The first kappa shape index (κ1) is 19.2. The molecule has 2 heterocycles. The van der Waals surface area contributed by atoms with Crippen molar-refractivity contribution in [3.63, 3.8) is 0 Å². The van der Waals surface area contributed by atoms with E-state index < -0.39 is 0 Å². The van der Waals surface area contributed by atoms with Gasteiger partial charge in [-0.05, 0) is 51.8 Å². The molecule has 27 heavy (non-hydrogen) atoms. The number of hydrogen-bond acceptors (Lipinski definition) is 6. The van der Waals surface area contributed by atoms with Gasteiger partial charge in [0.25, 0.3) is 5.91 Å². The molecule has 1 N–H and O–H groups in total. The van der Waals surface area contributed by atoms with Gasteiger partial charge in [0, 0.05) is 12.2 Å². The summed E-state index contributed by atoms with van der Waals surface area (Å²) in [5, 5.41) is 11.1. The first-order valence-electron chi connectivity index (χ1n) is 9.03. The summed E-state index contributed by atoms with van der Waals surface area (Å²) >= 11 is 1.36. The molecule has 144 valence electrons. The van der Waals surface area contributed by atoms with Crippen molar-refractivity contribution >= 4 is 22.2 Å². The van der Waals surface area contributed by atoms with Gasteiger partial charge in [0.15, 0.2) is 11.5 Å². The Morgan fingerprint density at radius 1 is 1.15 bits per heavy atom. The molecule has 0 saturated carbocycles. The maximum absolute atomic E-state index is 12.5. The monoisotopic (exact) mass is 388 g/mol. The highest BCUT2D eigenvalue weighted by Gasteiger charge is 2.18. The van der Waals surface area contributed by atoms with E-state index >= 15 is 0 Å². The van der Waals surface area contributed by atoms with Crippen LogP contribution in [0.15, 0.2) is 18.2 Å². The van der Waals surface area contributed by atoms with Crippen LogP contribution in [0.25, 0.3) is 4.96 Å². The number of aryl methyl sites for hydroxylation is 2. The number of rotatable bonds is 8. The summed E-state index contributed by atoms with van der Waals surface area (Å²) in [6.07, 6.45) is 0.709. The van der Waals surface area contributed by atoms with Gasteiger partial charge in [0.1, 0.15) is 10.7 Å². The normalized spacial score (nSPS) is 11.0. The predicted molar refractivity (Wildman–Crippen MR) is 105 cm³/mol. The smallest absolute Gasteiger partial charge is 0.263 e. The lowest BCUT2D eigenvalue weighted by Gasteiger charge is -2.12. The molecule has 1 amide bonds. The van der Waals surface area contributed by atoms with Gasteiger partial charge in [0.05, 0.1) is 13.2 Å². The van der Waals surface area contributed by atoms with Gasteiger partial charge >= 0.3 is 0 Å². The topological polar surface area (TPSA) is 77.8 Å². The van der Waals surface area contributed by atoms with Crippen molar-refractivity contribution in [1.29, 1.82) is 0 Å². The predicted octanol–water partition coefficient (Wildman–Crippen LogP) is 3.18. The summed E-state index contributed by atoms with van der Waals surface area (Å²) in [5.41, 5.74) is 1.95. The minimum absolute atomic E-state index is 0.0848. The van der Waals surface area contributed by atoms with Crippen molar-refractivity contribution in [3.05, 3.63) is 40.2 Å². The lowest BCUT2D eigenvalue weighted by atomic mass is 10.1. The summed E-state index contributed by atoms with van der Waals surface area (Å²) in [5.74, 6) is 2.18. The van der Waals surface area contributed by atoms with Crippen LogP contribution in [-0.4, -0.2) is 40.3 Å². The second-order valence-electron chi connectivity index (χ2n) is 6.03. The molecule has 0 unspecified atom stereocenters. The Hall–Kier alpha value is -2.61. The molecule has 0 spiro atoms. The van der Waals surface area contributed by atoms with Gasteiger partial charge in [-0.15, -0.1) is 10.2 Å². The lowest BCUT2D eigenvalue weighted by Crippen LogP contribution is -2.25.